The summed E-state index contributed by atoms with van der Waals surface area (Å²) in [4.78, 5) is 22.8. The van der Waals surface area contributed by atoms with Gasteiger partial charge in [0, 0.05) is 45.7 Å². The van der Waals surface area contributed by atoms with Crippen LogP contribution in [-0.4, -0.2) is 72.3 Å². The minimum Gasteiger partial charge on any atom is -0.439 e. The Balaban J connectivity index is 1.22. The molecule has 26 heavy (non-hydrogen) atoms. The van der Waals surface area contributed by atoms with Crippen LogP contribution in [0.4, 0.5) is 10.8 Å². The molecular weight excluding hydrogens is 332 g/mol. The van der Waals surface area contributed by atoms with Crippen molar-refractivity contribution in [3.05, 3.63) is 24.3 Å². The van der Waals surface area contributed by atoms with Crippen LogP contribution in [0.15, 0.2) is 28.7 Å². The minimum absolute atomic E-state index is 0.183. The summed E-state index contributed by atoms with van der Waals surface area (Å²) < 4.78 is 11.6. The third-order valence-electron chi connectivity index (χ3n) is 6.02. The Morgan fingerprint density at radius 1 is 1.15 bits per heavy atom. The molecule has 3 aliphatic rings. The standard InChI is InChI=1S/C19H24N4O3/c1-21-12-19(26-18(21)24)8-11-23(13-19)14-6-9-22(10-7-14)17-20-15-4-2-3-5-16(15)25-17/h2-5,14H,6-13H2,1H3. The first-order valence-electron chi connectivity index (χ1n) is 9.41. The number of hydrogen-bond acceptors (Lipinski definition) is 6. The highest BCUT2D eigenvalue weighted by molar-refractivity contribution is 5.74. The fraction of sp³-hybridized carbons (Fsp3) is 0.579. The summed E-state index contributed by atoms with van der Waals surface area (Å²) in [5.41, 5.74) is 1.47. The number of amides is 1. The first kappa shape index (κ1) is 15.9. The average Bonchev–Trinajstić information content (AvgIpc) is 3.33. The summed E-state index contributed by atoms with van der Waals surface area (Å²) in [6.45, 7) is 4.47. The Morgan fingerprint density at radius 3 is 2.69 bits per heavy atom. The SMILES string of the molecule is CN1CC2(CCN(C3CCN(c4nc5ccccc5o4)CC3)C2)OC1=O. The monoisotopic (exact) mass is 356 g/mol. The predicted molar refractivity (Wildman–Crippen MR) is 97.3 cm³/mol. The van der Waals surface area contributed by atoms with Crippen LogP contribution in [0.3, 0.4) is 0 Å². The average molecular weight is 356 g/mol. The third-order valence-corrected chi connectivity index (χ3v) is 6.02. The number of rotatable bonds is 2. The van der Waals surface area contributed by atoms with Crippen LogP contribution in [0.5, 0.6) is 0 Å². The lowest BCUT2D eigenvalue weighted by atomic mass is 10.0. The van der Waals surface area contributed by atoms with Crippen molar-refractivity contribution in [1.82, 2.24) is 14.8 Å². The van der Waals surface area contributed by atoms with E-state index in [2.05, 4.69) is 14.8 Å². The molecule has 7 nitrogen and oxygen atoms in total. The number of hydrogen-bond donors (Lipinski definition) is 0. The summed E-state index contributed by atoms with van der Waals surface area (Å²) >= 11 is 0. The number of benzene rings is 1. The molecule has 4 heterocycles. The molecule has 1 spiro atoms. The fourth-order valence-electron chi connectivity index (χ4n) is 4.61. The Bertz CT molecular complexity index is 796. The lowest BCUT2D eigenvalue weighted by molar-refractivity contribution is 0.0565. The molecule has 0 aliphatic carbocycles. The molecule has 1 unspecified atom stereocenters. The number of carbonyl (C=O) groups is 1. The van der Waals surface area contributed by atoms with Gasteiger partial charge in [-0.1, -0.05) is 12.1 Å². The highest BCUT2D eigenvalue weighted by Gasteiger charge is 2.49. The zero-order chi connectivity index (χ0) is 17.7. The maximum absolute atomic E-state index is 11.8. The number of likely N-dealkylation sites (N-methyl/N-ethyl adjacent to an activating group) is 1. The molecule has 0 bridgehead atoms. The molecule has 0 N–H and O–H groups in total. The van der Waals surface area contributed by atoms with E-state index in [0.717, 1.165) is 62.6 Å². The number of likely N-dealkylation sites (tertiary alicyclic amines) is 1. The summed E-state index contributed by atoms with van der Waals surface area (Å²) in [5.74, 6) is 0. The van der Waals surface area contributed by atoms with Gasteiger partial charge >= 0.3 is 6.09 Å². The van der Waals surface area contributed by atoms with E-state index in [1.54, 1.807) is 4.90 Å². The number of para-hydroxylation sites is 2. The number of carbonyl (C=O) groups excluding carboxylic acids is 1. The molecule has 3 aliphatic heterocycles. The zero-order valence-electron chi connectivity index (χ0n) is 15.1. The van der Waals surface area contributed by atoms with Crippen LogP contribution in [0.1, 0.15) is 19.3 Å². The largest absolute Gasteiger partial charge is 0.439 e. The maximum atomic E-state index is 11.8. The van der Waals surface area contributed by atoms with Crippen molar-refractivity contribution < 1.29 is 13.9 Å². The van der Waals surface area contributed by atoms with Crippen LogP contribution >= 0.6 is 0 Å². The van der Waals surface area contributed by atoms with Gasteiger partial charge in [0.2, 0.25) is 0 Å². The molecule has 1 atom stereocenters. The van der Waals surface area contributed by atoms with Gasteiger partial charge in [0.05, 0.1) is 6.54 Å². The highest BCUT2D eigenvalue weighted by Crippen LogP contribution is 2.35. The first-order chi connectivity index (χ1) is 12.6. The van der Waals surface area contributed by atoms with Gasteiger partial charge < -0.3 is 19.0 Å². The van der Waals surface area contributed by atoms with Gasteiger partial charge in [0.15, 0.2) is 5.58 Å². The maximum Gasteiger partial charge on any atom is 0.410 e. The van der Waals surface area contributed by atoms with Crippen LogP contribution in [0.25, 0.3) is 11.1 Å². The third kappa shape index (κ3) is 2.61. The van der Waals surface area contributed by atoms with E-state index in [4.69, 9.17) is 9.15 Å². The van der Waals surface area contributed by atoms with Gasteiger partial charge in [-0.2, -0.15) is 4.98 Å². The van der Waals surface area contributed by atoms with Crippen molar-refractivity contribution in [2.24, 2.45) is 0 Å². The van der Waals surface area contributed by atoms with E-state index in [1.807, 2.05) is 31.3 Å². The van der Waals surface area contributed by atoms with Crippen LogP contribution in [0, 0.1) is 0 Å². The Labute approximate surface area is 152 Å². The summed E-state index contributed by atoms with van der Waals surface area (Å²) in [6, 6.07) is 9.17. The van der Waals surface area contributed by atoms with E-state index >= 15 is 0 Å². The molecule has 3 fully saturated rings. The Kier molecular flexibility index (Phi) is 3.60. The van der Waals surface area contributed by atoms with Crippen molar-refractivity contribution in [3.63, 3.8) is 0 Å². The molecular formula is C19H24N4O3. The summed E-state index contributed by atoms with van der Waals surface area (Å²) in [7, 11) is 1.82. The Morgan fingerprint density at radius 2 is 1.96 bits per heavy atom. The molecule has 3 saturated heterocycles. The molecule has 2 aromatic rings. The number of nitrogens with zero attached hydrogens (tertiary/aromatic N) is 4. The molecule has 1 aromatic carbocycles. The smallest absolute Gasteiger partial charge is 0.410 e. The zero-order valence-corrected chi connectivity index (χ0v) is 15.1. The summed E-state index contributed by atoms with van der Waals surface area (Å²) in [6.07, 6.45) is 2.92. The van der Waals surface area contributed by atoms with Gasteiger partial charge in [-0.25, -0.2) is 4.79 Å². The van der Waals surface area contributed by atoms with Gasteiger partial charge in [-0.15, -0.1) is 0 Å². The predicted octanol–water partition coefficient (Wildman–Crippen LogP) is 2.32. The normalized spacial score (nSPS) is 27.8. The number of ether oxygens (including phenoxy) is 1. The lowest BCUT2D eigenvalue weighted by Gasteiger charge is -2.36. The van der Waals surface area contributed by atoms with Crippen molar-refractivity contribution in [1.29, 1.82) is 0 Å². The van der Waals surface area contributed by atoms with Gasteiger partial charge in [-0.3, -0.25) is 4.90 Å². The van der Waals surface area contributed by atoms with Gasteiger partial charge in [0.1, 0.15) is 11.1 Å². The van der Waals surface area contributed by atoms with Crippen LogP contribution in [-0.2, 0) is 4.74 Å². The fourth-order valence-corrected chi connectivity index (χ4v) is 4.61. The molecule has 7 heteroatoms. The second kappa shape index (κ2) is 5.87. The van der Waals surface area contributed by atoms with Crippen molar-refractivity contribution in [3.8, 4) is 0 Å². The molecule has 1 amide bonds. The molecule has 138 valence electrons. The summed E-state index contributed by atoms with van der Waals surface area (Å²) in [5, 5.41) is 0. The number of anilines is 1. The van der Waals surface area contributed by atoms with Crippen LogP contribution < -0.4 is 4.90 Å². The second-order valence-corrected chi connectivity index (χ2v) is 7.81. The molecule has 0 saturated carbocycles. The van der Waals surface area contributed by atoms with E-state index in [0.29, 0.717) is 12.6 Å². The number of piperidine rings is 1. The van der Waals surface area contributed by atoms with Gasteiger partial charge in [0.25, 0.3) is 6.01 Å². The molecule has 5 rings (SSSR count). The first-order valence-corrected chi connectivity index (χ1v) is 9.41. The van der Waals surface area contributed by atoms with E-state index < -0.39 is 0 Å². The second-order valence-electron chi connectivity index (χ2n) is 7.81. The number of fused-ring (bicyclic) bond motifs is 1. The lowest BCUT2D eigenvalue weighted by Crippen LogP contribution is -2.46. The topological polar surface area (TPSA) is 62.1 Å². The van der Waals surface area contributed by atoms with Crippen molar-refractivity contribution in [2.45, 2.75) is 30.9 Å². The van der Waals surface area contributed by atoms with E-state index in [-0.39, 0.29) is 11.7 Å². The van der Waals surface area contributed by atoms with Gasteiger partial charge in [-0.05, 0) is 25.0 Å². The van der Waals surface area contributed by atoms with E-state index in [1.165, 1.54) is 0 Å². The van der Waals surface area contributed by atoms with Crippen molar-refractivity contribution >= 4 is 23.2 Å². The van der Waals surface area contributed by atoms with Crippen molar-refractivity contribution in [2.75, 3.05) is 44.7 Å². The Hall–Kier alpha value is -2.28. The molecule has 0 radical (unpaired) electrons. The van der Waals surface area contributed by atoms with E-state index in [9.17, 15) is 4.79 Å². The highest BCUT2D eigenvalue weighted by atomic mass is 16.6. The minimum atomic E-state index is -0.288. The molecule has 1 aromatic heterocycles. The van der Waals surface area contributed by atoms with Crippen LogP contribution in [0.2, 0.25) is 0 Å². The number of aromatic nitrogens is 1. The quantitative estimate of drug-likeness (QED) is 0.823. The number of oxazole rings is 1.